The van der Waals surface area contributed by atoms with Crippen LogP contribution in [0.5, 0.6) is 5.75 Å². The molecular formula is C30H24F3N3O4. The number of ether oxygens (including phenoxy) is 1. The van der Waals surface area contributed by atoms with Crippen molar-refractivity contribution in [3.8, 4) is 16.9 Å². The Bertz CT molecular complexity index is 1750. The van der Waals surface area contributed by atoms with E-state index in [9.17, 15) is 22.8 Å². The van der Waals surface area contributed by atoms with Gasteiger partial charge in [0.1, 0.15) is 11.5 Å². The zero-order valence-corrected chi connectivity index (χ0v) is 21.9. The van der Waals surface area contributed by atoms with Crippen molar-refractivity contribution < 1.29 is 27.2 Å². The first-order valence-corrected chi connectivity index (χ1v) is 12.3. The Morgan fingerprint density at radius 1 is 1.05 bits per heavy atom. The van der Waals surface area contributed by atoms with Crippen molar-refractivity contribution in [3.63, 3.8) is 0 Å². The molecule has 3 aromatic heterocycles. The topological polar surface area (TPSA) is 87.2 Å². The van der Waals surface area contributed by atoms with E-state index < -0.39 is 23.1 Å². The molecule has 5 aromatic rings. The molecule has 0 atom stereocenters. The molecule has 40 heavy (non-hydrogen) atoms. The number of hydrogen-bond donors (Lipinski definition) is 0. The van der Waals surface area contributed by atoms with Crippen molar-refractivity contribution in [1.82, 2.24) is 14.7 Å². The number of pyridine rings is 2. The molecule has 0 saturated heterocycles. The second kappa shape index (κ2) is 10.4. The second-order valence-electron chi connectivity index (χ2n) is 9.38. The maximum atomic E-state index is 13.7. The average molecular weight is 548 g/mol. The zero-order valence-electron chi connectivity index (χ0n) is 21.9. The number of hydrogen-bond acceptors (Lipinski definition) is 6. The van der Waals surface area contributed by atoms with Crippen molar-refractivity contribution in [2.45, 2.75) is 33.0 Å². The quantitative estimate of drug-likeness (QED) is 0.227. The first-order chi connectivity index (χ1) is 19.1. The molecule has 0 aliphatic carbocycles. The molecule has 0 aliphatic heterocycles. The summed E-state index contributed by atoms with van der Waals surface area (Å²) in [7, 11) is 1.52. The number of aryl methyl sites for hydroxylation is 2. The van der Waals surface area contributed by atoms with Crippen LogP contribution in [0.2, 0.25) is 0 Å². The number of methoxy groups -OCH3 is 1. The molecule has 7 nitrogen and oxygen atoms in total. The summed E-state index contributed by atoms with van der Waals surface area (Å²) < 4.78 is 51.4. The lowest BCUT2D eigenvalue weighted by Crippen LogP contribution is -2.28. The van der Waals surface area contributed by atoms with E-state index in [4.69, 9.17) is 9.26 Å². The first-order valence-electron chi connectivity index (χ1n) is 12.3. The van der Waals surface area contributed by atoms with Crippen molar-refractivity contribution in [3.05, 3.63) is 111 Å². The van der Waals surface area contributed by atoms with Crippen LogP contribution in [0.25, 0.3) is 22.0 Å². The van der Waals surface area contributed by atoms with Crippen LogP contribution in [0, 0.1) is 13.8 Å². The van der Waals surface area contributed by atoms with Gasteiger partial charge in [0.15, 0.2) is 5.78 Å². The van der Waals surface area contributed by atoms with Gasteiger partial charge in [0.2, 0.25) is 0 Å². The first kappa shape index (κ1) is 26.9. The predicted molar refractivity (Wildman–Crippen MR) is 143 cm³/mol. The van der Waals surface area contributed by atoms with E-state index in [-0.39, 0.29) is 18.5 Å². The van der Waals surface area contributed by atoms with Crippen LogP contribution in [0.1, 0.15) is 38.6 Å². The average Bonchev–Trinajstić information content (AvgIpc) is 3.27. The fourth-order valence-corrected chi connectivity index (χ4v) is 4.74. The summed E-state index contributed by atoms with van der Waals surface area (Å²) in [4.78, 5) is 31.5. The SMILES string of the molecule is COc1cc2c(cc1-c1c(C)noc1C)cc(C(=O)Cc1ccc(C(F)(F)F)cc1)c(=O)n2Cc1ccccn1. The van der Waals surface area contributed by atoms with Gasteiger partial charge in [-0.15, -0.1) is 0 Å². The van der Waals surface area contributed by atoms with Crippen molar-refractivity contribution in [2.75, 3.05) is 7.11 Å². The van der Waals surface area contributed by atoms with Gasteiger partial charge in [-0.3, -0.25) is 14.6 Å². The number of halogens is 3. The van der Waals surface area contributed by atoms with Gasteiger partial charge in [-0.05, 0) is 55.8 Å². The van der Waals surface area contributed by atoms with Crippen LogP contribution < -0.4 is 10.3 Å². The molecule has 2 aromatic carbocycles. The number of carbonyl (C=O) groups is 1. The van der Waals surface area contributed by atoms with E-state index >= 15 is 0 Å². The third-order valence-electron chi connectivity index (χ3n) is 6.71. The number of rotatable bonds is 7. The lowest BCUT2D eigenvalue weighted by atomic mass is 9.97. The van der Waals surface area contributed by atoms with Crippen LogP contribution in [0.4, 0.5) is 13.2 Å². The zero-order chi connectivity index (χ0) is 28.6. The third kappa shape index (κ3) is 5.12. The van der Waals surface area contributed by atoms with Gasteiger partial charge in [-0.1, -0.05) is 23.4 Å². The highest BCUT2D eigenvalue weighted by Gasteiger charge is 2.30. The number of nitrogens with zero attached hydrogens (tertiary/aromatic N) is 3. The van der Waals surface area contributed by atoms with Crippen LogP contribution >= 0.6 is 0 Å². The summed E-state index contributed by atoms with van der Waals surface area (Å²) in [5.41, 5.74) is 2.11. The molecule has 0 N–H and O–H groups in total. The van der Waals surface area contributed by atoms with Gasteiger partial charge in [0.05, 0.1) is 47.2 Å². The minimum Gasteiger partial charge on any atom is -0.496 e. The van der Waals surface area contributed by atoms with Crippen molar-refractivity contribution in [1.29, 1.82) is 0 Å². The highest BCUT2D eigenvalue weighted by atomic mass is 19.4. The molecule has 5 rings (SSSR count). The second-order valence-corrected chi connectivity index (χ2v) is 9.38. The van der Waals surface area contributed by atoms with Gasteiger partial charge in [0.25, 0.3) is 5.56 Å². The Morgan fingerprint density at radius 3 is 2.40 bits per heavy atom. The van der Waals surface area contributed by atoms with E-state index in [0.717, 1.165) is 17.7 Å². The molecule has 3 heterocycles. The van der Waals surface area contributed by atoms with E-state index in [2.05, 4.69) is 10.1 Å². The molecule has 0 spiro atoms. The molecule has 204 valence electrons. The number of fused-ring (bicyclic) bond motifs is 1. The number of Topliss-reactive ketones (excluding diaryl/α,β-unsaturated/α-hetero) is 1. The van der Waals surface area contributed by atoms with E-state index in [1.165, 1.54) is 29.9 Å². The summed E-state index contributed by atoms with van der Waals surface area (Å²) in [5, 5.41) is 4.62. The number of aromatic nitrogens is 3. The summed E-state index contributed by atoms with van der Waals surface area (Å²) >= 11 is 0. The number of ketones is 1. The summed E-state index contributed by atoms with van der Waals surface area (Å²) in [6.07, 6.45) is -3.12. The van der Waals surface area contributed by atoms with Crippen molar-refractivity contribution >= 4 is 16.7 Å². The predicted octanol–water partition coefficient (Wildman–Crippen LogP) is 6.17. The highest BCUT2D eigenvalue weighted by molar-refractivity contribution is 6.01. The largest absolute Gasteiger partial charge is 0.496 e. The maximum Gasteiger partial charge on any atom is 0.416 e. The maximum absolute atomic E-state index is 13.7. The third-order valence-corrected chi connectivity index (χ3v) is 6.71. The van der Waals surface area contributed by atoms with Crippen LogP contribution in [-0.4, -0.2) is 27.6 Å². The molecule has 0 amide bonds. The fraction of sp³-hybridized carbons (Fsp3) is 0.200. The van der Waals surface area contributed by atoms with E-state index in [1.807, 2.05) is 6.07 Å². The van der Waals surface area contributed by atoms with Gasteiger partial charge < -0.3 is 13.8 Å². The molecular weight excluding hydrogens is 523 g/mol. The van der Waals surface area contributed by atoms with Gasteiger partial charge in [-0.25, -0.2) is 0 Å². The Balaban J connectivity index is 1.66. The fourth-order valence-electron chi connectivity index (χ4n) is 4.74. The summed E-state index contributed by atoms with van der Waals surface area (Å²) in [5.74, 6) is 0.548. The minimum atomic E-state index is -4.49. The molecule has 0 fully saturated rings. The Hall–Kier alpha value is -4.73. The minimum absolute atomic E-state index is 0.0850. The smallest absolute Gasteiger partial charge is 0.416 e. The summed E-state index contributed by atoms with van der Waals surface area (Å²) in [6, 6.07) is 14.7. The van der Waals surface area contributed by atoms with Crippen LogP contribution in [0.15, 0.2) is 76.2 Å². The highest BCUT2D eigenvalue weighted by Crippen LogP contribution is 2.38. The number of benzene rings is 2. The van der Waals surface area contributed by atoms with Crippen LogP contribution in [0.3, 0.4) is 0 Å². The molecule has 0 saturated carbocycles. The molecule has 0 aliphatic rings. The number of alkyl halides is 3. The van der Waals surface area contributed by atoms with Crippen LogP contribution in [-0.2, 0) is 19.1 Å². The lowest BCUT2D eigenvalue weighted by Gasteiger charge is -2.16. The molecule has 0 bridgehead atoms. The Morgan fingerprint density at radius 2 is 1.80 bits per heavy atom. The van der Waals surface area contributed by atoms with E-state index in [0.29, 0.717) is 44.9 Å². The lowest BCUT2D eigenvalue weighted by molar-refractivity contribution is -0.137. The van der Waals surface area contributed by atoms with E-state index in [1.54, 1.807) is 44.3 Å². The molecule has 0 radical (unpaired) electrons. The van der Waals surface area contributed by atoms with Crippen molar-refractivity contribution in [2.24, 2.45) is 0 Å². The summed E-state index contributed by atoms with van der Waals surface area (Å²) in [6.45, 7) is 3.67. The standard InChI is InChI=1S/C30H24F3N3O4/c1-17-28(18(2)40-35-17)24-14-20-13-23(26(37)12-19-7-9-21(10-8-19)30(31,32)33)29(38)36(25(20)15-27(24)39-3)16-22-6-4-5-11-34-22/h4-11,13-15H,12,16H2,1-3H3. The Labute approximate surface area is 226 Å². The number of carbonyl (C=O) groups excluding carboxylic acids is 1. The van der Waals surface area contributed by atoms with Gasteiger partial charge in [0, 0.05) is 29.6 Å². The molecule has 0 unspecified atom stereocenters. The van der Waals surface area contributed by atoms with Gasteiger partial charge >= 0.3 is 6.18 Å². The van der Waals surface area contributed by atoms with Gasteiger partial charge in [-0.2, -0.15) is 13.2 Å². The molecule has 10 heteroatoms. The Kier molecular flexibility index (Phi) is 7.01. The normalized spacial score (nSPS) is 11.7. The monoisotopic (exact) mass is 547 g/mol.